The van der Waals surface area contributed by atoms with Crippen molar-refractivity contribution in [1.82, 2.24) is 0 Å². The van der Waals surface area contributed by atoms with Crippen molar-refractivity contribution in [3.63, 3.8) is 0 Å². The van der Waals surface area contributed by atoms with Gasteiger partial charge in [-0.2, -0.15) is 0 Å². The highest BCUT2D eigenvalue weighted by Gasteiger charge is 1.98. The largest absolute Gasteiger partial charge is 0.491 e. The van der Waals surface area contributed by atoms with Crippen molar-refractivity contribution in [1.29, 1.82) is 0 Å². The average Bonchev–Trinajstić information content (AvgIpc) is 2.49. The van der Waals surface area contributed by atoms with E-state index in [0.717, 1.165) is 25.2 Å². The molecule has 0 saturated carbocycles. The van der Waals surface area contributed by atoms with Crippen LogP contribution in [-0.2, 0) is 11.2 Å². The Hall–Kier alpha value is -2.00. The standard InChI is InChI=1S/C17H21NO2/c18-16-9-4-5-10-17(16)20-13-6-12-19-14-11-15-7-2-1-3-8-15/h1-5,7-10H,6,11-14,18H2. The van der Waals surface area contributed by atoms with Gasteiger partial charge in [0.25, 0.3) is 0 Å². The first-order valence-corrected chi connectivity index (χ1v) is 6.95. The Bertz CT molecular complexity index is 499. The molecule has 106 valence electrons. The molecule has 3 nitrogen and oxygen atoms in total. The fourth-order valence-electron chi connectivity index (χ4n) is 1.89. The fourth-order valence-corrected chi connectivity index (χ4v) is 1.89. The summed E-state index contributed by atoms with van der Waals surface area (Å²) < 4.78 is 11.2. The highest BCUT2D eigenvalue weighted by atomic mass is 16.5. The molecule has 0 amide bonds. The van der Waals surface area contributed by atoms with Crippen LogP contribution in [0.5, 0.6) is 5.75 Å². The van der Waals surface area contributed by atoms with Gasteiger partial charge in [-0.1, -0.05) is 42.5 Å². The quantitative estimate of drug-likeness (QED) is 0.592. The van der Waals surface area contributed by atoms with Crippen molar-refractivity contribution < 1.29 is 9.47 Å². The monoisotopic (exact) mass is 271 g/mol. The normalized spacial score (nSPS) is 10.4. The molecule has 0 spiro atoms. The molecule has 0 atom stereocenters. The Labute approximate surface area is 120 Å². The smallest absolute Gasteiger partial charge is 0.142 e. The summed E-state index contributed by atoms with van der Waals surface area (Å²) >= 11 is 0. The summed E-state index contributed by atoms with van der Waals surface area (Å²) in [6.07, 6.45) is 1.82. The van der Waals surface area contributed by atoms with E-state index in [1.54, 1.807) is 0 Å². The lowest BCUT2D eigenvalue weighted by atomic mass is 10.2. The predicted octanol–water partition coefficient (Wildman–Crippen LogP) is 3.30. The molecule has 2 N–H and O–H groups in total. The van der Waals surface area contributed by atoms with E-state index < -0.39 is 0 Å². The molecule has 2 rings (SSSR count). The van der Waals surface area contributed by atoms with E-state index in [4.69, 9.17) is 15.2 Å². The first-order valence-electron chi connectivity index (χ1n) is 6.95. The maximum absolute atomic E-state index is 5.79. The van der Waals surface area contributed by atoms with E-state index in [0.29, 0.717) is 18.9 Å². The molecule has 0 saturated heterocycles. The Kier molecular flexibility index (Phi) is 5.93. The van der Waals surface area contributed by atoms with Gasteiger partial charge in [0.15, 0.2) is 0 Å². The zero-order valence-electron chi connectivity index (χ0n) is 11.6. The topological polar surface area (TPSA) is 44.5 Å². The highest BCUT2D eigenvalue weighted by Crippen LogP contribution is 2.19. The van der Waals surface area contributed by atoms with Gasteiger partial charge < -0.3 is 15.2 Å². The molecule has 2 aromatic rings. The van der Waals surface area contributed by atoms with E-state index in [-0.39, 0.29) is 0 Å². The molecule has 0 fully saturated rings. The van der Waals surface area contributed by atoms with Crippen LogP contribution in [0.3, 0.4) is 0 Å². The van der Waals surface area contributed by atoms with Gasteiger partial charge >= 0.3 is 0 Å². The molecular formula is C17H21NO2. The van der Waals surface area contributed by atoms with Gasteiger partial charge in [0.05, 0.1) is 18.9 Å². The molecule has 0 aliphatic carbocycles. The molecule has 0 radical (unpaired) electrons. The number of nitrogens with two attached hydrogens (primary N) is 1. The second-order valence-electron chi connectivity index (χ2n) is 4.59. The number of anilines is 1. The third-order valence-electron chi connectivity index (χ3n) is 2.99. The molecule has 0 aliphatic heterocycles. The van der Waals surface area contributed by atoms with Gasteiger partial charge in [-0.05, 0) is 24.1 Å². The molecule has 0 unspecified atom stereocenters. The lowest BCUT2D eigenvalue weighted by Crippen LogP contribution is -2.06. The van der Waals surface area contributed by atoms with Crippen molar-refractivity contribution in [2.24, 2.45) is 0 Å². The average molecular weight is 271 g/mol. The van der Waals surface area contributed by atoms with Crippen molar-refractivity contribution >= 4 is 5.69 Å². The second-order valence-corrected chi connectivity index (χ2v) is 4.59. The predicted molar refractivity (Wildman–Crippen MR) is 81.9 cm³/mol. The Balaban J connectivity index is 1.53. The van der Waals surface area contributed by atoms with Gasteiger partial charge in [0.2, 0.25) is 0 Å². The Morgan fingerprint density at radius 3 is 2.35 bits per heavy atom. The lowest BCUT2D eigenvalue weighted by Gasteiger charge is -2.08. The van der Waals surface area contributed by atoms with Crippen LogP contribution in [0.2, 0.25) is 0 Å². The summed E-state index contributed by atoms with van der Waals surface area (Å²) in [5.41, 5.74) is 7.78. The summed E-state index contributed by atoms with van der Waals surface area (Å²) in [6.45, 7) is 2.08. The van der Waals surface area contributed by atoms with Crippen molar-refractivity contribution in [2.75, 3.05) is 25.6 Å². The molecule has 2 aromatic carbocycles. The van der Waals surface area contributed by atoms with Gasteiger partial charge in [-0.3, -0.25) is 0 Å². The number of ether oxygens (including phenoxy) is 2. The summed E-state index contributed by atoms with van der Waals surface area (Å²) in [4.78, 5) is 0. The van der Waals surface area contributed by atoms with Crippen molar-refractivity contribution in [3.8, 4) is 5.75 Å². The SMILES string of the molecule is Nc1ccccc1OCCCOCCc1ccccc1. The number of para-hydroxylation sites is 2. The molecule has 0 aliphatic rings. The van der Waals surface area contributed by atoms with Gasteiger partial charge in [0.1, 0.15) is 5.75 Å². The van der Waals surface area contributed by atoms with Crippen LogP contribution in [0.1, 0.15) is 12.0 Å². The summed E-state index contributed by atoms with van der Waals surface area (Å²) in [5.74, 6) is 0.747. The second kappa shape index (κ2) is 8.23. The fraction of sp³-hybridized carbons (Fsp3) is 0.294. The number of hydrogen-bond acceptors (Lipinski definition) is 3. The third kappa shape index (κ3) is 4.94. The third-order valence-corrected chi connectivity index (χ3v) is 2.99. The van der Waals surface area contributed by atoms with Crippen molar-refractivity contribution in [2.45, 2.75) is 12.8 Å². The molecule has 0 bridgehead atoms. The molecule has 0 heterocycles. The van der Waals surface area contributed by atoms with Crippen molar-refractivity contribution in [3.05, 3.63) is 60.2 Å². The zero-order valence-corrected chi connectivity index (χ0v) is 11.6. The van der Waals surface area contributed by atoms with Crippen LogP contribution in [0.15, 0.2) is 54.6 Å². The minimum atomic E-state index is 0.625. The van der Waals surface area contributed by atoms with Gasteiger partial charge in [0, 0.05) is 13.0 Å². The lowest BCUT2D eigenvalue weighted by molar-refractivity contribution is 0.122. The van der Waals surface area contributed by atoms with E-state index >= 15 is 0 Å². The van der Waals surface area contributed by atoms with Crippen LogP contribution in [0.4, 0.5) is 5.69 Å². The number of nitrogen functional groups attached to an aromatic ring is 1. The minimum absolute atomic E-state index is 0.625. The maximum atomic E-state index is 5.79. The van der Waals surface area contributed by atoms with Gasteiger partial charge in [-0.25, -0.2) is 0 Å². The molecule has 3 heteroatoms. The van der Waals surface area contributed by atoms with E-state index in [2.05, 4.69) is 12.1 Å². The van der Waals surface area contributed by atoms with Crippen LogP contribution in [-0.4, -0.2) is 19.8 Å². The Morgan fingerprint density at radius 2 is 1.55 bits per heavy atom. The van der Waals surface area contributed by atoms with Crippen LogP contribution in [0.25, 0.3) is 0 Å². The first kappa shape index (κ1) is 14.4. The first-order chi connectivity index (χ1) is 9.86. The highest BCUT2D eigenvalue weighted by molar-refractivity contribution is 5.51. The summed E-state index contributed by atoms with van der Waals surface area (Å²) in [5, 5.41) is 0. The number of rotatable bonds is 8. The molecular weight excluding hydrogens is 250 g/mol. The number of benzene rings is 2. The minimum Gasteiger partial charge on any atom is -0.491 e. The van der Waals surface area contributed by atoms with E-state index in [9.17, 15) is 0 Å². The molecule has 0 aromatic heterocycles. The van der Waals surface area contributed by atoms with Crippen LogP contribution in [0, 0.1) is 0 Å². The number of hydrogen-bond donors (Lipinski definition) is 1. The maximum Gasteiger partial charge on any atom is 0.142 e. The summed E-state index contributed by atoms with van der Waals surface area (Å²) in [6, 6.07) is 17.9. The van der Waals surface area contributed by atoms with E-state index in [1.807, 2.05) is 42.5 Å². The van der Waals surface area contributed by atoms with Crippen LogP contribution < -0.4 is 10.5 Å². The Morgan fingerprint density at radius 1 is 0.800 bits per heavy atom. The summed E-state index contributed by atoms with van der Waals surface area (Å²) in [7, 11) is 0. The van der Waals surface area contributed by atoms with E-state index in [1.165, 1.54) is 5.56 Å². The van der Waals surface area contributed by atoms with Gasteiger partial charge in [-0.15, -0.1) is 0 Å². The van der Waals surface area contributed by atoms with Crippen LogP contribution >= 0.6 is 0 Å². The zero-order chi connectivity index (χ0) is 14.0. The molecule has 20 heavy (non-hydrogen) atoms.